The summed E-state index contributed by atoms with van der Waals surface area (Å²) in [6, 6.07) is 9.92. The van der Waals surface area contributed by atoms with Crippen LogP contribution in [-0.2, 0) is 0 Å². The van der Waals surface area contributed by atoms with Crippen molar-refractivity contribution in [3.8, 4) is 23.0 Å². The van der Waals surface area contributed by atoms with Crippen LogP contribution in [0.25, 0.3) is 0 Å². The average molecular weight is 344 g/mol. The molecular formula is C18H20N2O5. The number of hydrogen-bond donors (Lipinski definition) is 2. The lowest BCUT2D eigenvalue weighted by Crippen LogP contribution is -2.19. The van der Waals surface area contributed by atoms with E-state index in [2.05, 4.69) is 10.5 Å². The number of aromatic hydroxyl groups is 1. The van der Waals surface area contributed by atoms with Gasteiger partial charge in [-0.05, 0) is 43.3 Å². The van der Waals surface area contributed by atoms with Crippen molar-refractivity contribution in [2.75, 3.05) is 21.3 Å². The third-order valence-corrected chi connectivity index (χ3v) is 3.59. The monoisotopic (exact) mass is 344 g/mol. The quantitative estimate of drug-likeness (QED) is 0.621. The van der Waals surface area contributed by atoms with Crippen molar-refractivity contribution in [3.05, 3.63) is 47.5 Å². The third-order valence-electron chi connectivity index (χ3n) is 3.59. The molecule has 0 aromatic heterocycles. The normalized spacial score (nSPS) is 11.0. The molecule has 0 fully saturated rings. The Bertz CT molecular complexity index is 785. The molecule has 1 amide bonds. The van der Waals surface area contributed by atoms with Crippen LogP contribution in [0.15, 0.2) is 41.5 Å². The fourth-order valence-corrected chi connectivity index (χ4v) is 2.20. The van der Waals surface area contributed by atoms with Gasteiger partial charge in [0.25, 0.3) is 5.91 Å². The van der Waals surface area contributed by atoms with Crippen LogP contribution >= 0.6 is 0 Å². The number of rotatable bonds is 6. The number of amides is 1. The van der Waals surface area contributed by atoms with E-state index < -0.39 is 0 Å². The molecule has 0 aliphatic rings. The first-order valence-corrected chi connectivity index (χ1v) is 7.44. The Morgan fingerprint density at radius 2 is 1.68 bits per heavy atom. The minimum absolute atomic E-state index is 0.109. The van der Waals surface area contributed by atoms with Crippen molar-refractivity contribution in [1.82, 2.24) is 5.43 Å². The minimum Gasteiger partial charge on any atom is -0.504 e. The highest BCUT2D eigenvalue weighted by Gasteiger charge is 2.16. The minimum atomic E-state index is -0.373. The highest BCUT2D eigenvalue weighted by molar-refractivity contribution is 6.03. The Balaban J connectivity index is 2.19. The van der Waals surface area contributed by atoms with Crippen LogP contribution in [-0.4, -0.2) is 38.1 Å². The molecule has 0 heterocycles. The number of phenolic OH excluding ortho intramolecular Hbond substituents is 1. The second kappa shape index (κ2) is 8.05. The molecule has 7 nitrogen and oxygen atoms in total. The molecule has 0 bridgehead atoms. The van der Waals surface area contributed by atoms with Crippen LogP contribution in [0, 0.1) is 0 Å². The Kier molecular flexibility index (Phi) is 5.84. The maximum atomic E-state index is 12.1. The van der Waals surface area contributed by atoms with E-state index in [1.165, 1.54) is 14.2 Å². The number of carbonyl (C=O) groups excluding carboxylic acids is 1. The maximum Gasteiger partial charge on any atom is 0.271 e. The van der Waals surface area contributed by atoms with Gasteiger partial charge in [-0.15, -0.1) is 0 Å². The highest BCUT2D eigenvalue weighted by atomic mass is 16.5. The molecular weight excluding hydrogens is 324 g/mol. The van der Waals surface area contributed by atoms with Gasteiger partial charge in [0.1, 0.15) is 5.75 Å². The molecule has 2 aromatic rings. The Labute approximate surface area is 145 Å². The summed E-state index contributed by atoms with van der Waals surface area (Å²) in [5, 5.41) is 14.3. The van der Waals surface area contributed by atoms with E-state index in [-0.39, 0.29) is 17.4 Å². The molecule has 2 N–H and O–H groups in total. The lowest BCUT2D eigenvalue weighted by Gasteiger charge is -2.12. The Hall–Kier alpha value is -3.22. The predicted octanol–water partition coefficient (Wildman–Crippen LogP) is 2.57. The number of nitrogens with one attached hydrogen (secondary N) is 1. The molecule has 0 unspecified atom stereocenters. The number of benzene rings is 2. The molecule has 2 rings (SSSR count). The van der Waals surface area contributed by atoms with Gasteiger partial charge in [-0.25, -0.2) is 5.43 Å². The van der Waals surface area contributed by atoms with Crippen LogP contribution in [0.2, 0.25) is 0 Å². The first-order valence-electron chi connectivity index (χ1n) is 7.44. The van der Waals surface area contributed by atoms with Gasteiger partial charge in [-0.2, -0.15) is 5.10 Å². The van der Waals surface area contributed by atoms with Gasteiger partial charge in [0.05, 0.1) is 27.0 Å². The van der Waals surface area contributed by atoms with E-state index in [0.29, 0.717) is 28.3 Å². The Morgan fingerprint density at radius 3 is 2.24 bits per heavy atom. The largest absolute Gasteiger partial charge is 0.504 e. The van der Waals surface area contributed by atoms with Gasteiger partial charge in [0, 0.05) is 11.1 Å². The van der Waals surface area contributed by atoms with Crippen LogP contribution in [0.1, 0.15) is 22.8 Å². The summed E-state index contributed by atoms with van der Waals surface area (Å²) in [6.07, 6.45) is 0. The van der Waals surface area contributed by atoms with Gasteiger partial charge >= 0.3 is 0 Å². The molecule has 132 valence electrons. The summed E-state index contributed by atoms with van der Waals surface area (Å²) in [5.41, 5.74) is 3.73. The fourth-order valence-electron chi connectivity index (χ4n) is 2.20. The second-order valence-corrected chi connectivity index (χ2v) is 5.06. The zero-order valence-electron chi connectivity index (χ0n) is 14.5. The third kappa shape index (κ3) is 4.00. The van der Waals surface area contributed by atoms with Crippen molar-refractivity contribution < 1.29 is 24.1 Å². The molecule has 0 spiro atoms. The fraction of sp³-hybridized carbons (Fsp3) is 0.222. The number of nitrogens with zero attached hydrogens (tertiary/aromatic N) is 1. The van der Waals surface area contributed by atoms with Crippen molar-refractivity contribution >= 4 is 11.6 Å². The van der Waals surface area contributed by atoms with Crippen molar-refractivity contribution in [2.45, 2.75) is 6.92 Å². The maximum absolute atomic E-state index is 12.1. The lowest BCUT2D eigenvalue weighted by molar-refractivity contribution is 0.0955. The van der Waals surface area contributed by atoms with E-state index >= 15 is 0 Å². The summed E-state index contributed by atoms with van der Waals surface area (Å²) in [5.74, 6) is 0.782. The molecule has 0 aliphatic heterocycles. The number of phenols is 1. The van der Waals surface area contributed by atoms with Crippen LogP contribution in [0.5, 0.6) is 23.0 Å². The first kappa shape index (κ1) is 18.1. The van der Waals surface area contributed by atoms with Gasteiger partial charge < -0.3 is 19.3 Å². The molecule has 25 heavy (non-hydrogen) atoms. The van der Waals surface area contributed by atoms with E-state index in [0.717, 1.165) is 0 Å². The molecule has 0 saturated heterocycles. The predicted molar refractivity (Wildman–Crippen MR) is 93.9 cm³/mol. The van der Waals surface area contributed by atoms with Gasteiger partial charge in [-0.1, -0.05) is 0 Å². The standard InChI is InChI=1S/C18H20N2O5/c1-11(14-9-10-15(24-3)17(25-4)16(14)21)19-20-18(22)12-5-7-13(23-2)8-6-12/h5-10,21H,1-4H3,(H,20,22)/b19-11+. The van der Waals surface area contributed by atoms with Gasteiger partial charge in [0.15, 0.2) is 11.5 Å². The molecule has 2 aromatic carbocycles. The van der Waals surface area contributed by atoms with E-state index in [1.807, 2.05) is 0 Å². The van der Waals surface area contributed by atoms with Crippen LogP contribution in [0.3, 0.4) is 0 Å². The summed E-state index contributed by atoms with van der Waals surface area (Å²) < 4.78 is 15.3. The molecule has 0 radical (unpaired) electrons. The van der Waals surface area contributed by atoms with Crippen LogP contribution in [0.4, 0.5) is 0 Å². The summed E-state index contributed by atoms with van der Waals surface area (Å²) in [7, 11) is 4.46. The van der Waals surface area contributed by atoms with Gasteiger partial charge in [0.2, 0.25) is 5.75 Å². The molecule has 7 heteroatoms. The van der Waals surface area contributed by atoms with Gasteiger partial charge in [-0.3, -0.25) is 4.79 Å². The number of carbonyl (C=O) groups is 1. The smallest absolute Gasteiger partial charge is 0.271 e. The molecule has 0 saturated carbocycles. The average Bonchev–Trinajstić information content (AvgIpc) is 2.65. The van der Waals surface area contributed by atoms with E-state index in [4.69, 9.17) is 14.2 Å². The summed E-state index contributed by atoms with van der Waals surface area (Å²) in [4.78, 5) is 12.1. The highest BCUT2D eigenvalue weighted by Crippen LogP contribution is 2.39. The number of hydrazone groups is 1. The lowest BCUT2D eigenvalue weighted by atomic mass is 10.1. The van der Waals surface area contributed by atoms with Crippen molar-refractivity contribution in [1.29, 1.82) is 0 Å². The van der Waals surface area contributed by atoms with E-state index in [9.17, 15) is 9.90 Å². The summed E-state index contributed by atoms with van der Waals surface area (Å²) >= 11 is 0. The van der Waals surface area contributed by atoms with Crippen LogP contribution < -0.4 is 19.6 Å². The van der Waals surface area contributed by atoms with Crippen molar-refractivity contribution in [2.24, 2.45) is 5.10 Å². The van der Waals surface area contributed by atoms with Crippen molar-refractivity contribution in [3.63, 3.8) is 0 Å². The first-order chi connectivity index (χ1) is 12.0. The number of methoxy groups -OCH3 is 3. The number of ether oxygens (including phenoxy) is 3. The zero-order chi connectivity index (χ0) is 18.4. The molecule has 0 aliphatic carbocycles. The zero-order valence-corrected chi connectivity index (χ0v) is 14.5. The second-order valence-electron chi connectivity index (χ2n) is 5.06. The summed E-state index contributed by atoms with van der Waals surface area (Å²) in [6.45, 7) is 1.66. The number of hydrogen-bond acceptors (Lipinski definition) is 6. The Morgan fingerprint density at radius 1 is 1.00 bits per heavy atom. The van der Waals surface area contributed by atoms with E-state index in [1.54, 1.807) is 50.4 Å². The SMILES string of the molecule is COc1ccc(C(=O)N/N=C(\C)c2ccc(OC)c(OC)c2O)cc1. The topological polar surface area (TPSA) is 89.4 Å². The molecule has 0 atom stereocenters.